The minimum atomic E-state index is -0.117. The maximum absolute atomic E-state index is 9.70. The van der Waals surface area contributed by atoms with Gasteiger partial charge in [-0.15, -0.1) is 10.2 Å². The number of likely N-dealkylation sites (tertiary alicyclic amines) is 2. The summed E-state index contributed by atoms with van der Waals surface area (Å²) in [5, 5.41) is 18.8. The molecule has 3 fully saturated rings. The van der Waals surface area contributed by atoms with Crippen LogP contribution in [0.2, 0.25) is 0 Å². The molecule has 0 radical (unpaired) electrons. The summed E-state index contributed by atoms with van der Waals surface area (Å²) in [6.07, 6.45) is 11.3. The number of aliphatic hydroxyl groups is 1. The van der Waals surface area contributed by atoms with Crippen molar-refractivity contribution in [2.75, 3.05) is 32.7 Å². The highest BCUT2D eigenvalue weighted by atomic mass is 16.3. The average Bonchev–Trinajstić information content (AvgIpc) is 3.05. The Balaban J connectivity index is 1.34. The Kier molecular flexibility index (Phi) is 6.46. The Morgan fingerprint density at radius 3 is 2.44 bits per heavy atom. The number of piperidine rings is 2. The van der Waals surface area contributed by atoms with Gasteiger partial charge >= 0.3 is 0 Å². The van der Waals surface area contributed by atoms with Crippen molar-refractivity contribution in [1.29, 1.82) is 0 Å². The lowest BCUT2D eigenvalue weighted by Gasteiger charge is -2.35. The van der Waals surface area contributed by atoms with Crippen molar-refractivity contribution in [2.24, 2.45) is 13.0 Å². The first kappa shape index (κ1) is 19.3. The minimum absolute atomic E-state index is 0.117. The average molecular weight is 376 g/mol. The largest absolute Gasteiger partial charge is 0.393 e. The Labute approximate surface area is 163 Å². The van der Waals surface area contributed by atoms with Crippen LogP contribution in [0.4, 0.5) is 0 Å². The van der Waals surface area contributed by atoms with Crippen LogP contribution in [-0.4, -0.2) is 68.5 Å². The molecule has 2 aliphatic heterocycles. The molecule has 1 N–H and O–H groups in total. The third-order valence-corrected chi connectivity index (χ3v) is 7.03. The van der Waals surface area contributed by atoms with Crippen LogP contribution in [0.3, 0.4) is 0 Å². The van der Waals surface area contributed by atoms with Crippen LogP contribution < -0.4 is 0 Å². The number of aliphatic hydroxyl groups excluding tert-OH is 1. The fourth-order valence-corrected chi connectivity index (χ4v) is 5.31. The third kappa shape index (κ3) is 4.90. The van der Waals surface area contributed by atoms with Crippen molar-refractivity contribution in [1.82, 2.24) is 24.6 Å². The molecule has 1 saturated carbocycles. The van der Waals surface area contributed by atoms with E-state index < -0.39 is 0 Å². The summed E-state index contributed by atoms with van der Waals surface area (Å²) in [5.41, 5.74) is 0. The fourth-order valence-electron chi connectivity index (χ4n) is 5.31. The molecule has 4 rings (SSSR count). The Morgan fingerprint density at radius 1 is 0.889 bits per heavy atom. The van der Waals surface area contributed by atoms with Crippen molar-refractivity contribution in [3.05, 3.63) is 11.6 Å². The summed E-state index contributed by atoms with van der Waals surface area (Å²) in [6, 6.07) is 0. The normalized spacial score (nSPS) is 27.3. The molecule has 2 saturated heterocycles. The lowest BCUT2D eigenvalue weighted by Crippen LogP contribution is -2.39. The van der Waals surface area contributed by atoms with Crippen molar-refractivity contribution < 1.29 is 5.11 Å². The number of nitrogens with zero attached hydrogens (tertiary/aromatic N) is 5. The van der Waals surface area contributed by atoms with E-state index in [-0.39, 0.29) is 6.10 Å². The summed E-state index contributed by atoms with van der Waals surface area (Å²) < 4.78 is 2.25. The smallest absolute Gasteiger partial charge is 0.146 e. The van der Waals surface area contributed by atoms with Gasteiger partial charge in [-0.1, -0.05) is 19.3 Å². The molecule has 1 aromatic rings. The highest BCUT2D eigenvalue weighted by Crippen LogP contribution is 2.29. The fraction of sp³-hybridized carbons (Fsp3) is 0.905. The van der Waals surface area contributed by atoms with Gasteiger partial charge in [0.15, 0.2) is 0 Å². The molecule has 1 aromatic heterocycles. The molecule has 3 heterocycles. The van der Waals surface area contributed by atoms with E-state index in [9.17, 15) is 5.11 Å². The first-order valence-electron chi connectivity index (χ1n) is 11.2. The van der Waals surface area contributed by atoms with Gasteiger partial charge in [0.25, 0.3) is 0 Å². The maximum atomic E-state index is 9.70. The Morgan fingerprint density at radius 2 is 1.67 bits per heavy atom. The van der Waals surface area contributed by atoms with E-state index >= 15 is 0 Å². The predicted octanol–water partition coefficient (Wildman–Crippen LogP) is 2.53. The molecule has 0 aromatic carbocycles. The van der Waals surface area contributed by atoms with Gasteiger partial charge in [-0.3, -0.25) is 4.90 Å². The van der Waals surface area contributed by atoms with Gasteiger partial charge in [0.05, 0.1) is 12.6 Å². The van der Waals surface area contributed by atoms with Gasteiger partial charge < -0.3 is 14.6 Å². The van der Waals surface area contributed by atoms with Crippen LogP contribution >= 0.6 is 0 Å². The number of aromatic nitrogens is 3. The maximum Gasteiger partial charge on any atom is 0.146 e. The van der Waals surface area contributed by atoms with Crippen molar-refractivity contribution >= 4 is 0 Å². The Hall–Kier alpha value is -0.980. The molecule has 152 valence electrons. The molecular formula is C21H37N5O. The van der Waals surface area contributed by atoms with E-state index in [2.05, 4.69) is 31.6 Å². The molecule has 27 heavy (non-hydrogen) atoms. The topological polar surface area (TPSA) is 57.4 Å². The van der Waals surface area contributed by atoms with Crippen LogP contribution in [0.5, 0.6) is 0 Å². The van der Waals surface area contributed by atoms with Crippen LogP contribution in [0.25, 0.3) is 0 Å². The molecule has 1 unspecified atom stereocenters. The number of hydrogen-bond acceptors (Lipinski definition) is 5. The zero-order valence-corrected chi connectivity index (χ0v) is 17.0. The minimum Gasteiger partial charge on any atom is -0.393 e. The van der Waals surface area contributed by atoms with Gasteiger partial charge in [0.1, 0.15) is 11.6 Å². The number of rotatable bonds is 5. The highest BCUT2D eigenvalue weighted by Gasteiger charge is 2.28. The van der Waals surface area contributed by atoms with Gasteiger partial charge in [-0.05, 0) is 51.0 Å². The molecule has 0 spiro atoms. The quantitative estimate of drug-likeness (QED) is 0.857. The van der Waals surface area contributed by atoms with E-state index in [1.807, 2.05) is 0 Å². The summed E-state index contributed by atoms with van der Waals surface area (Å²) in [5.74, 6) is 3.69. The summed E-state index contributed by atoms with van der Waals surface area (Å²) >= 11 is 0. The van der Waals surface area contributed by atoms with Crippen molar-refractivity contribution in [2.45, 2.75) is 76.4 Å². The highest BCUT2D eigenvalue weighted by molar-refractivity contribution is 5.04. The van der Waals surface area contributed by atoms with Gasteiger partial charge in [-0.25, -0.2) is 0 Å². The second-order valence-electron chi connectivity index (χ2n) is 9.14. The zero-order chi connectivity index (χ0) is 18.6. The number of hydrogen-bond donors (Lipinski definition) is 1. The SMILES string of the molecule is Cn1c(CN2CCC(O)CC2)nnc1C1CCCN(CC2CCCCC2)C1. The molecular weight excluding hydrogens is 338 g/mol. The molecule has 0 amide bonds. The lowest BCUT2D eigenvalue weighted by atomic mass is 9.88. The third-order valence-electron chi connectivity index (χ3n) is 7.03. The first-order valence-corrected chi connectivity index (χ1v) is 11.2. The van der Waals surface area contributed by atoms with E-state index in [1.54, 1.807) is 0 Å². The molecule has 0 bridgehead atoms. The van der Waals surface area contributed by atoms with Crippen LogP contribution in [0, 0.1) is 5.92 Å². The summed E-state index contributed by atoms with van der Waals surface area (Å²) in [6.45, 7) is 6.47. The predicted molar refractivity (Wildman–Crippen MR) is 107 cm³/mol. The van der Waals surface area contributed by atoms with Crippen molar-refractivity contribution in [3.63, 3.8) is 0 Å². The van der Waals surface area contributed by atoms with E-state index in [0.717, 1.165) is 50.8 Å². The molecule has 1 aliphatic carbocycles. The molecule has 3 aliphatic rings. The second-order valence-corrected chi connectivity index (χ2v) is 9.14. The molecule has 1 atom stereocenters. The standard InChI is InChI=1S/C21H37N5O/c1-24-20(16-25-12-9-19(27)10-13-25)22-23-21(24)18-8-5-11-26(15-18)14-17-6-3-2-4-7-17/h17-19,27H,2-16H2,1H3. The Bertz CT molecular complexity index is 589. The van der Waals surface area contributed by atoms with Crippen LogP contribution in [0.1, 0.15) is 75.4 Å². The summed E-state index contributed by atoms with van der Waals surface area (Å²) in [7, 11) is 2.14. The molecule has 6 nitrogen and oxygen atoms in total. The van der Waals surface area contributed by atoms with Gasteiger partial charge in [-0.2, -0.15) is 0 Å². The van der Waals surface area contributed by atoms with Crippen molar-refractivity contribution in [3.8, 4) is 0 Å². The van der Waals surface area contributed by atoms with E-state index in [4.69, 9.17) is 0 Å². The summed E-state index contributed by atoms with van der Waals surface area (Å²) in [4.78, 5) is 5.10. The zero-order valence-electron chi connectivity index (χ0n) is 17.0. The van der Waals surface area contributed by atoms with E-state index in [0.29, 0.717) is 5.92 Å². The lowest BCUT2D eigenvalue weighted by molar-refractivity contribution is 0.0775. The first-order chi connectivity index (χ1) is 13.2. The van der Waals surface area contributed by atoms with Crippen LogP contribution in [0.15, 0.2) is 0 Å². The van der Waals surface area contributed by atoms with Crippen LogP contribution in [-0.2, 0) is 13.6 Å². The van der Waals surface area contributed by atoms with E-state index in [1.165, 1.54) is 63.9 Å². The monoisotopic (exact) mass is 375 g/mol. The molecule has 6 heteroatoms. The van der Waals surface area contributed by atoms with Gasteiger partial charge in [0.2, 0.25) is 0 Å². The van der Waals surface area contributed by atoms with Gasteiger partial charge in [0, 0.05) is 39.1 Å². The second kappa shape index (κ2) is 9.01.